The third-order valence-electron chi connectivity index (χ3n) is 3.92. The molecule has 1 heterocycles. The van der Waals surface area contributed by atoms with Gasteiger partial charge < -0.3 is 5.73 Å². The van der Waals surface area contributed by atoms with Crippen molar-refractivity contribution in [1.82, 2.24) is 4.98 Å². The number of hydrogen-bond acceptors (Lipinski definition) is 2. The predicted octanol–water partition coefficient (Wildman–Crippen LogP) is 6.04. The van der Waals surface area contributed by atoms with Crippen LogP contribution in [0, 0.1) is 0 Å². The molecule has 0 bridgehead atoms. The van der Waals surface area contributed by atoms with Gasteiger partial charge in [0.1, 0.15) is 0 Å². The fraction of sp³-hybridized carbons (Fsp3) is 0.105. The smallest absolute Gasteiger partial charge is 0.397 e. The molecule has 0 spiro atoms. The molecule has 0 aliphatic carbocycles. The van der Waals surface area contributed by atoms with Crippen LogP contribution in [0.3, 0.4) is 0 Å². The van der Waals surface area contributed by atoms with E-state index in [0.717, 1.165) is 24.3 Å². The molecular weight excluding hydrogens is 370 g/mol. The Morgan fingerprint density at radius 2 is 1.11 bits per heavy atom. The van der Waals surface area contributed by atoms with Crippen molar-refractivity contribution in [2.45, 2.75) is 12.4 Å². The van der Waals surface area contributed by atoms with Gasteiger partial charge in [-0.1, -0.05) is 24.3 Å². The van der Waals surface area contributed by atoms with E-state index in [1.807, 2.05) is 0 Å². The first-order valence-corrected chi connectivity index (χ1v) is 7.66. The molecule has 0 saturated heterocycles. The van der Waals surface area contributed by atoms with E-state index in [4.69, 9.17) is 5.73 Å². The molecule has 3 rings (SSSR count). The van der Waals surface area contributed by atoms with E-state index >= 15 is 0 Å². The van der Waals surface area contributed by atoms with Crippen molar-refractivity contribution >= 4 is 5.69 Å². The molecule has 8 heteroatoms. The lowest BCUT2D eigenvalue weighted by Crippen LogP contribution is -2.04. The minimum atomic E-state index is -4.47. The van der Waals surface area contributed by atoms with Crippen LogP contribution in [0.5, 0.6) is 0 Å². The van der Waals surface area contributed by atoms with Gasteiger partial charge in [-0.2, -0.15) is 26.3 Å². The molecule has 0 atom stereocenters. The Hall–Kier alpha value is -3.03. The Labute approximate surface area is 150 Å². The van der Waals surface area contributed by atoms with E-state index in [0.29, 0.717) is 22.4 Å². The third kappa shape index (κ3) is 4.05. The zero-order valence-electron chi connectivity index (χ0n) is 13.6. The minimum absolute atomic E-state index is 0.278. The molecule has 2 nitrogen and oxygen atoms in total. The van der Waals surface area contributed by atoms with E-state index in [1.54, 1.807) is 0 Å². The first kappa shape index (κ1) is 18.8. The van der Waals surface area contributed by atoms with Gasteiger partial charge in [0.05, 0.1) is 28.7 Å². The predicted molar refractivity (Wildman–Crippen MR) is 89.5 cm³/mol. The van der Waals surface area contributed by atoms with Gasteiger partial charge in [0.15, 0.2) is 0 Å². The summed E-state index contributed by atoms with van der Waals surface area (Å²) in [5.41, 5.74) is 5.94. The number of aromatic nitrogens is 1. The summed E-state index contributed by atoms with van der Waals surface area (Å²) in [6, 6.07) is 10.3. The molecule has 0 amide bonds. The van der Waals surface area contributed by atoms with Crippen molar-refractivity contribution in [3.05, 3.63) is 71.9 Å². The SMILES string of the molecule is Nc1cnc(-c2ccc(C(F)(F)F)cc2)c(-c2ccc(C(F)(F)F)cc2)c1. The second-order valence-corrected chi connectivity index (χ2v) is 5.82. The number of nitrogens with zero attached hydrogens (tertiary/aromatic N) is 1. The lowest BCUT2D eigenvalue weighted by Gasteiger charge is -2.13. The number of hydrogen-bond donors (Lipinski definition) is 1. The summed E-state index contributed by atoms with van der Waals surface area (Å²) in [5.74, 6) is 0. The fourth-order valence-corrected chi connectivity index (χ4v) is 2.59. The lowest BCUT2D eigenvalue weighted by molar-refractivity contribution is -0.138. The fourth-order valence-electron chi connectivity index (χ4n) is 2.59. The van der Waals surface area contributed by atoms with Crippen LogP contribution in [0.25, 0.3) is 22.4 Å². The van der Waals surface area contributed by atoms with E-state index < -0.39 is 23.5 Å². The van der Waals surface area contributed by atoms with E-state index in [-0.39, 0.29) is 5.69 Å². The Balaban J connectivity index is 2.06. The summed E-state index contributed by atoms with van der Waals surface area (Å²) in [7, 11) is 0. The minimum Gasteiger partial charge on any atom is -0.397 e. The Kier molecular flexibility index (Phi) is 4.59. The van der Waals surface area contributed by atoms with Crippen molar-refractivity contribution in [1.29, 1.82) is 0 Å². The van der Waals surface area contributed by atoms with Crippen molar-refractivity contribution in [3.8, 4) is 22.4 Å². The third-order valence-corrected chi connectivity index (χ3v) is 3.92. The summed E-state index contributed by atoms with van der Waals surface area (Å²) in [6.45, 7) is 0. The van der Waals surface area contributed by atoms with Gasteiger partial charge in [0.25, 0.3) is 0 Å². The van der Waals surface area contributed by atoms with E-state index in [1.165, 1.54) is 36.5 Å². The topological polar surface area (TPSA) is 38.9 Å². The van der Waals surface area contributed by atoms with Crippen LogP contribution in [0.2, 0.25) is 0 Å². The van der Waals surface area contributed by atoms with Crippen molar-refractivity contribution in [2.75, 3.05) is 5.73 Å². The molecule has 0 aliphatic rings. The van der Waals surface area contributed by atoms with Gasteiger partial charge in [-0.15, -0.1) is 0 Å². The molecule has 140 valence electrons. The maximum Gasteiger partial charge on any atom is 0.416 e. The Morgan fingerprint density at radius 1 is 0.667 bits per heavy atom. The van der Waals surface area contributed by atoms with E-state index in [2.05, 4.69) is 4.98 Å². The monoisotopic (exact) mass is 382 g/mol. The zero-order chi connectivity index (χ0) is 19.8. The van der Waals surface area contributed by atoms with Crippen molar-refractivity contribution < 1.29 is 26.3 Å². The van der Waals surface area contributed by atoms with Crippen LogP contribution in [0.4, 0.5) is 32.0 Å². The quantitative estimate of drug-likeness (QED) is 0.549. The summed E-state index contributed by atoms with van der Waals surface area (Å²) in [4.78, 5) is 4.16. The highest BCUT2D eigenvalue weighted by molar-refractivity contribution is 5.82. The van der Waals surface area contributed by atoms with Gasteiger partial charge in [-0.3, -0.25) is 4.98 Å². The lowest BCUT2D eigenvalue weighted by atomic mass is 9.97. The van der Waals surface area contributed by atoms with Gasteiger partial charge in [0.2, 0.25) is 0 Å². The molecular formula is C19H12F6N2. The van der Waals surface area contributed by atoms with Crippen LogP contribution in [-0.4, -0.2) is 4.98 Å². The standard InChI is InChI=1S/C19H12F6N2/c20-18(21,22)13-5-1-11(2-6-13)16-9-15(26)10-27-17(16)12-3-7-14(8-4-12)19(23,24)25/h1-10H,26H2. The first-order chi connectivity index (χ1) is 12.6. The van der Waals surface area contributed by atoms with Gasteiger partial charge in [0, 0.05) is 11.1 Å². The molecule has 0 aliphatic heterocycles. The second kappa shape index (κ2) is 6.61. The van der Waals surface area contributed by atoms with Crippen molar-refractivity contribution in [2.24, 2.45) is 0 Å². The number of halogens is 6. The Morgan fingerprint density at radius 3 is 1.56 bits per heavy atom. The van der Waals surface area contributed by atoms with Crippen molar-refractivity contribution in [3.63, 3.8) is 0 Å². The van der Waals surface area contributed by atoms with Gasteiger partial charge in [-0.25, -0.2) is 0 Å². The number of alkyl halides is 6. The molecule has 27 heavy (non-hydrogen) atoms. The maximum atomic E-state index is 12.7. The molecule has 0 fully saturated rings. The van der Waals surface area contributed by atoms with Crippen LogP contribution < -0.4 is 5.73 Å². The number of pyridine rings is 1. The summed E-state index contributed by atoms with van der Waals surface area (Å²) in [6.07, 6.45) is -7.60. The Bertz CT molecular complexity index is 942. The normalized spacial score (nSPS) is 12.2. The molecule has 1 aromatic heterocycles. The maximum absolute atomic E-state index is 12.7. The number of anilines is 1. The van der Waals surface area contributed by atoms with Gasteiger partial charge >= 0.3 is 12.4 Å². The molecule has 3 aromatic rings. The van der Waals surface area contributed by atoms with Crippen LogP contribution in [-0.2, 0) is 12.4 Å². The van der Waals surface area contributed by atoms with Crippen LogP contribution >= 0.6 is 0 Å². The summed E-state index contributed by atoms with van der Waals surface area (Å²) >= 11 is 0. The number of nitrogen functional groups attached to an aromatic ring is 1. The number of rotatable bonds is 2. The largest absolute Gasteiger partial charge is 0.416 e. The molecule has 0 saturated carbocycles. The van der Waals surface area contributed by atoms with Crippen LogP contribution in [0.1, 0.15) is 11.1 Å². The van der Waals surface area contributed by atoms with E-state index in [9.17, 15) is 26.3 Å². The summed E-state index contributed by atoms with van der Waals surface area (Å²) < 4.78 is 76.4. The molecule has 0 radical (unpaired) electrons. The number of nitrogens with two attached hydrogens (primary N) is 1. The summed E-state index contributed by atoms with van der Waals surface area (Å²) in [5, 5.41) is 0. The average Bonchev–Trinajstić information content (AvgIpc) is 2.60. The zero-order valence-corrected chi connectivity index (χ0v) is 13.6. The van der Waals surface area contributed by atoms with Gasteiger partial charge in [-0.05, 0) is 35.9 Å². The second-order valence-electron chi connectivity index (χ2n) is 5.82. The highest BCUT2D eigenvalue weighted by Gasteiger charge is 2.31. The first-order valence-electron chi connectivity index (χ1n) is 7.66. The molecule has 2 N–H and O–H groups in total. The van der Waals surface area contributed by atoms with Crippen LogP contribution in [0.15, 0.2) is 60.8 Å². The highest BCUT2D eigenvalue weighted by atomic mass is 19.4. The molecule has 0 unspecified atom stereocenters. The average molecular weight is 382 g/mol. The highest BCUT2D eigenvalue weighted by Crippen LogP contribution is 2.36. The number of benzene rings is 2. The molecule has 2 aromatic carbocycles.